The fraction of sp³-hybridized carbons (Fsp3) is 0.615. The lowest BCUT2D eigenvalue weighted by atomic mass is 10.0. The Bertz CT molecular complexity index is 359. The molecule has 88 valence electrons. The highest BCUT2D eigenvalue weighted by Gasteiger charge is 2.10. The molecule has 3 heteroatoms. The first-order chi connectivity index (χ1) is 7.49. The van der Waals surface area contributed by atoms with E-state index in [2.05, 4.69) is 23.8 Å². The molecule has 0 atom stereocenters. The maximum absolute atomic E-state index is 11.6. The van der Waals surface area contributed by atoms with Gasteiger partial charge in [-0.05, 0) is 18.4 Å². The number of rotatable bonds is 5. The lowest BCUT2D eigenvalue weighted by molar-refractivity contribution is -0.121. The van der Waals surface area contributed by atoms with E-state index in [0.29, 0.717) is 12.3 Å². The van der Waals surface area contributed by atoms with Gasteiger partial charge >= 0.3 is 0 Å². The summed E-state index contributed by atoms with van der Waals surface area (Å²) in [5, 5.41) is 0. The summed E-state index contributed by atoms with van der Waals surface area (Å²) in [4.78, 5) is 19.9. The van der Waals surface area contributed by atoms with Gasteiger partial charge in [-0.2, -0.15) is 0 Å². The first-order valence-electron chi connectivity index (χ1n) is 5.81. The fourth-order valence-electron chi connectivity index (χ4n) is 1.45. The van der Waals surface area contributed by atoms with Crippen LogP contribution in [0.15, 0.2) is 12.4 Å². The van der Waals surface area contributed by atoms with Crippen LogP contribution in [-0.4, -0.2) is 15.8 Å². The molecule has 0 N–H and O–H groups in total. The van der Waals surface area contributed by atoms with Gasteiger partial charge in [-0.1, -0.05) is 27.7 Å². The van der Waals surface area contributed by atoms with Crippen molar-refractivity contribution in [3.63, 3.8) is 0 Å². The van der Waals surface area contributed by atoms with Gasteiger partial charge in [0.2, 0.25) is 0 Å². The molecule has 0 saturated carbocycles. The summed E-state index contributed by atoms with van der Waals surface area (Å²) in [5.74, 6) is 0.876. The Hall–Kier alpha value is -1.25. The molecule has 1 heterocycles. The molecule has 1 rings (SSSR count). The van der Waals surface area contributed by atoms with E-state index < -0.39 is 0 Å². The zero-order valence-corrected chi connectivity index (χ0v) is 10.5. The van der Waals surface area contributed by atoms with Crippen LogP contribution in [0.4, 0.5) is 0 Å². The number of hydrogen-bond acceptors (Lipinski definition) is 3. The monoisotopic (exact) mass is 220 g/mol. The van der Waals surface area contributed by atoms with E-state index in [4.69, 9.17) is 0 Å². The molecule has 0 saturated heterocycles. The van der Waals surface area contributed by atoms with E-state index in [9.17, 15) is 4.79 Å². The average molecular weight is 220 g/mol. The molecule has 0 aliphatic carbocycles. The Balaban J connectivity index is 2.71. The second kappa shape index (κ2) is 5.73. The van der Waals surface area contributed by atoms with Gasteiger partial charge in [0, 0.05) is 18.0 Å². The highest BCUT2D eigenvalue weighted by Crippen LogP contribution is 2.08. The quantitative estimate of drug-likeness (QED) is 0.765. The number of nitrogens with zero attached hydrogens (tertiary/aromatic N) is 2. The van der Waals surface area contributed by atoms with Crippen LogP contribution in [-0.2, 0) is 17.6 Å². The summed E-state index contributed by atoms with van der Waals surface area (Å²) in [6.45, 7) is 8.14. The molecule has 0 aromatic carbocycles. The lowest BCUT2D eigenvalue weighted by Crippen LogP contribution is -2.12. The molecule has 0 amide bonds. The van der Waals surface area contributed by atoms with Crippen molar-refractivity contribution in [3.8, 4) is 0 Å². The van der Waals surface area contributed by atoms with Gasteiger partial charge < -0.3 is 0 Å². The van der Waals surface area contributed by atoms with Gasteiger partial charge in [0.05, 0.1) is 5.69 Å². The highest BCUT2D eigenvalue weighted by molar-refractivity contribution is 5.82. The second-order valence-electron chi connectivity index (χ2n) is 4.90. The zero-order valence-electron chi connectivity index (χ0n) is 10.5. The average Bonchev–Trinajstić information content (AvgIpc) is 2.16. The fourth-order valence-corrected chi connectivity index (χ4v) is 1.45. The van der Waals surface area contributed by atoms with Crippen molar-refractivity contribution in [3.05, 3.63) is 23.8 Å². The van der Waals surface area contributed by atoms with E-state index in [-0.39, 0.29) is 11.7 Å². The zero-order chi connectivity index (χ0) is 12.1. The Morgan fingerprint density at radius 1 is 1.19 bits per heavy atom. The topological polar surface area (TPSA) is 42.9 Å². The van der Waals surface area contributed by atoms with Crippen LogP contribution in [0.2, 0.25) is 0 Å². The largest absolute Gasteiger partial charge is 0.299 e. The second-order valence-corrected chi connectivity index (χ2v) is 4.90. The van der Waals surface area contributed by atoms with Gasteiger partial charge in [-0.25, -0.2) is 9.97 Å². The van der Waals surface area contributed by atoms with Crippen LogP contribution in [0, 0.1) is 11.8 Å². The van der Waals surface area contributed by atoms with E-state index in [1.807, 2.05) is 19.9 Å². The van der Waals surface area contributed by atoms with Crippen molar-refractivity contribution in [2.24, 2.45) is 11.8 Å². The lowest BCUT2D eigenvalue weighted by Gasteiger charge is -2.06. The van der Waals surface area contributed by atoms with Crippen LogP contribution >= 0.6 is 0 Å². The molecule has 1 aromatic rings. The maximum Gasteiger partial charge on any atom is 0.141 e. The normalized spacial score (nSPS) is 11.1. The van der Waals surface area contributed by atoms with Crippen molar-refractivity contribution in [1.82, 2.24) is 9.97 Å². The SMILES string of the molecule is CC(C)Cc1cc(CC(=O)C(C)C)ncn1. The molecular formula is C13H20N2O. The Morgan fingerprint density at radius 3 is 2.38 bits per heavy atom. The van der Waals surface area contributed by atoms with E-state index in [1.54, 1.807) is 6.33 Å². The van der Waals surface area contributed by atoms with Crippen molar-refractivity contribution >= 4 is 5.78 Å². The molecule has 0 radical (unpaired) electrons. The first-order valence-corrected chi connectivity index (χ1v) is 5.81. The third kappa shape index (κ3) is 4.09. The van der Waals surface area contributed by atoms with Crippen molar-refractivity contribution in [1.29, 1.82) is 0 Å². The minimum Gasteiger partial charge on any atom is -0.299 e. The smallest absolute Gasteiger partial charge is 0.141 e. The molecule has 0 aliphatic heterocycles. The third-order valence-corrected chi connectivity index (χ3v) is 2.40. The summed E-state index contributed by atoms with van der Waals surface area (Å²) < 4.78 is 0. The van der Waals surface area contributed by atoms with Crippen molar-refractivity contribution in [2.45, 2.75) is 40.5 Å². The van der Waals surface area contributed by atoms with Crippen LogP contribution in [0.25, 0.3) is 0 Å². The number of hydrogen-bond donors (Lipinski definition) is 0. The van der Waals surface area contributed by atoms with Gasteiger partial charge in [0.1, 0.15) is 12.1 Å². The minimum absolute atomic E-state index is 0.0727. The number of ketones is 1. The first kappa shape index (κ1) is 12.8. The van der Waals surface area contributed by atoms with Crippen LogP contribution < -0.4 is 0 Å². The number of carbonyl (C=O) groups excluding carboxylic acids is 1. The molecule has 3 nitrogen and oxygen atoms in total. The summed E-state index contributed by atoms with van der Waals surface area (Å²) in [6, 6.07) is 1.94. The predicted octanol–water partition coefficient (Wildman–Crippen LogP) is 2.44. The Kier molecular flexibility index (Phi) is 4.59. The number of carbonyl (C=O) groups is 1. The van der Waals surface area contributed by atoms with E-state index in [1.165, 1.54) is 0 Å². The van der Waals surface area contributed by atoms with Gasteiger partial charge in [0.25, 0.3) is 0 Å². The molecule has 0 fully saturated rings. The number of aromatic nitrogens is 2. The standard InChI is InChI=1S/C13H20N2O/c1-9(2)5-11-6-12(15-8-14-11)7-13(16)10(3)4/h6,8-10H,5,7H2,1-4H3. The summed E-state index contributed by atoms with van der Waals surface area (Å²) in [7, 11) is 0. The van der Waals surface area contributed by atoms with Crippen molar-refractivity contribution in [2.75, 3.05) is 0 Å². The molecule has 0 spiro atoms. The van der Waals surface area contributed by atoms with Gasteiger partial charge in [-0.15, -0.1) is 0 Å². The Morgan fingerprint density at radius 2 is 1.81 bits per heavy atom. The van der Waals surface area contributed by atoms with Crippen LogP contribution in [0.3, 0.4) is 0 Å². The molecule has 16 heavy (non-hydrogen) atoms. The van der Waals surface area contributed by atoms with Gasteiger partial charge in [0.15, 0.2) is 0 Å². The maximum atomic E-state index is 11.6. The third-order valence-electron chi connectivity index (χ3n) is 2.40. The molecule has 0 unspecified atom stereocenters. The molecule has 0 bridgehead atoms. The summed E-state index contributed by atoms with van der Waals surface area (Å²) in [5.41, 5.74) is 1.86. The summed E-state index contributed by atoms with van der Waals surface area (Å²) in [6.07, 6.45) is 2.91. The van der Waals surface area contributed by atoms with E-state index in [0.717, 1.165) is 17.8 Å². The molecule has 0 aliphatic rings. The van der Waals surface area contributed by atoms with Crippen molar-refractivity contribution < 1.29 is 4.79 Å². The summed E-state index contributed by atoms with van der Waals surface area (Å²) >= 11 is 0. The van der Waals surface area contributed by atoms with Crippen LogP contribution in [0.1, 0.15) is 39.1 Å². The number of Topliss-reactive ketones (excluding diaryl/α,β-unsaturated/α-hetero) is 1. The highest BCUT2D eigenvalue weighted by atomic mass is 16.1. The molecular weight excluding hydrogens is 200 g/mol. The van der Waals surface area contributed by atoms with Gasteiger partial charge in [-0.3, -0.25) is 4.79 Å². The van der Waals surface area contributed by atoms with Crippen LogP contribution in [0.5, 0.6) is 0 Å². The predicted molar refractivity (Wildman–Crippen MR) is 64.1 cm³/mol. The van der Waals surface area contributed by atoms with E-state index >= 15 is 0 Å². The molecule has 1 aromatic heterocycles. The Labute approximate surface area is 97.3 Å². The minimum atomic E-state index is 0.0727.